The standard InChI is InChI=1S/C10H22O5/c1-11-6-5-7-15-10(14-4)8-9(12-2)13-3/h9-10H,5-8H2,1-4H3. The van der Waals surface area contributed by atoms with Gasteiger partial charge in [0.2, 0.25) is 0 Å². The zero-order valence-electron chi connectivity index (χ0n) is 10.0. The monoisotopic (exact) mass is 222 g/mol. The summed E-state index contributed by atoms with van der Waals surface area (Å²) in [5.41, 5.74) is 0. The Labute approximate surface area is 91.6 Å². The lowest BCUT2D eigenvalue weighted by Crippen LogP contribution is -2.25. The molecule has 5 nitrogen and oxygen atoms in total. The molecule has 5 heteroatoms. The minimum Gasteiger partial charge on any atom is -0.385 e. The lowest BCUT2D eigenvalue weighted by molar-refractivity contribution is -0.189. The van der Waals surface area contributed by atoms with Crippen molar-refractivity contribution in [1.29, 1.82) is 0 Å². The SMILES string of the molecule is COCCCOC(CC(OC)OC)OC. The minimum atomic E-state index is -0.299. The smallest absolute Gasteiger partial charge is 0.162 e. The van der Waals surface area contributed by atoms with E-state index in [0.717, 1.165) is 6.42 Å². The van der Waals surface area contributed by atoms with Gasteiger partial charge in [0.1, 0.15) is 0 Å². The highest BCUT2D eigenvalue weighted by molar-refractivity contribution is 4.49. The molecule has 92 valence electrons. The van der Waals surface area contributed by atoms with Crippen LogP contribution in [0.1, 0.15) is 12.8 Å². The molecule has 0 radical (unpaired) electrons. The van der Waals surface area contributed by atoms with E-state index >= 15 is 0 Å². The largest absolute Gasteiger partial charge is 0.385 e. The first kappa shape index (κ1) is 14.8. The molecular weight excluding hydrogens is 200 g/mol. The van der Waals surface area contributed by atoms with Gasteiger partial charge in [-0.05, 0) is 6.42 Å². The molecule has 0 rings (SSSR count). The van der Waals surface area contributed by atoms with Gasteiger partial charge >= 0.3 is 0 Å². The fraction of sp³-hybridized carbons (Fsp3) is 1.00. The Morgan fingerprint density at radius 2 is 1.40 bits per heavy atom. The molecule has 0 N–H and O–H groups in total. The molecule has 0 aliphatic carbocycles. The molecular formula is C10H22O5. The molecule has 0 aliphatic heterocycles. The van der Waals surface area contributed by atoms with Crippen molar-refractivity contribution in [3.05, 3.63) is 0 Å². The van der Waals surface area contributed by atoms with E-state index in [4.69, 9.17) is 23.7 Å². The van der Waals surface area contributed by atoms with Gasteiger partial charge in [0, 0.05) is 41.5 Å². The van der Waals surface area contributed by atoms with Crippen molar-refractivity contribution in [3.63, 3.8) is 0 Å². The highest BCUT2D eigenvalue weighted by atomic mass is 16.7. The van der Waals surface area contributed by atoms with Gasteiger partial charge in [0.15, 0.2) is 12.6 Å². The number of hydrogen-bond donors (Lipinski definition) is 0. The number of hydrogen-bond acceptors (Lipinski definition) is 5. The van der Waals surface area contributed by atoms with E-state index < -0.39 is 0 Å². The van der Waals surface area contributed by atoms with Crippen LogP contribution in [-0.4, -0.2) is 54.2 Å². The van der Waals surface area contributed by atoms with Gasteiger partial charge in [-0.3, -0.25) is 0 Å². The zero-order valence-corrected chi connectivity index (χ0v) is 10.0. The Morgan fingerprint density at radius 3 is 1.87 bits per heavy atom. The van der Waals surface area contributed by atoms with E-state index in [1.807, 2.05) is 0 Å². The summed E-state index contributed by atoms with van der Waals surface area (Å²) < 4.78 is 25.6. The molecule has 0 saturated heterocycles. The Balaban J connectivity index is 3.61. The van der Waals surface area contributed by atoms with Gasteiger partial charge in [-0.25, -0.2) is 0 Å². The summed E-state index contributed by atoms with van der Waals surface area (Å²) in [5, 5.41) is 0. The Hall–Kier alpha value is -0.200. The molecule has 0 aromatic carbocycles. The summed E-state index contributed by atoms with van der Waals surface area (Å²) >= 11 is 0. The van der Waals surface area contributed by atoms with Crippen molar-refractivity contribution in [3.8, 4) is 0 Å². The quantitative estimate of drug-likeness (QED) is 0.408. The van der Waals surface area contributed by atoms with Crippen LogP contribution in [0.2, 0.25) is 0 Å². The van der Waals surface area contributed by atoms with Crippen LogP contribution < -0.4 is 0 Å². The van der Waals surface area contributed by atoms with Crippen LogP contribution in [0.15, 0.2) is 0 Å². The van der Waals surface area contributed by atoms with Crippen molar-refractivity contribution in [2.24, 2.45) is 0 Å². The van der Waals surface area contributed by atoms with Gasteiger partial charge in [-0.15, -0.1) is 0 Å². The van der Waals surface area contributed by atoms with E-state index in [-0.39, 0.29) is 12.6 Å². The number of methoxy groups -OCH3 is 4. The van der Waals surface area contributed by atoms with Crippen LogP contribution in [0.4, 0.5) is 0 Å². The van der Waals surface area contributed by atoms with Crippen LogP contribution in [0.5, 0.6) is 0 Å². The van der Waals surface area contributed by atoms with Gasteiger partial charge < -0.3 is 23.7 Å². The van der Waals surface area contributed by atoms with E-state index in [2.05, 4.69) is 0 Å². The molecule has 0 aromatic heterocycles. The lowest BCUT2D eigenvalue weighted by atomic mass is 10.4. The van der Waals surface area contributed by atoms with Crippen LogP contribution in [-0.2, 0) is 23.7 Å². The van der Waals surface area contributed by atoms with Crippen molar-refractivity contribution in [2.75, 3.05) is 41.7 Å². The molecule has 0 bridgehead atoms. The molecule has 0 fully saturated rings. The Kier molecular flexibility index (Phi) is 10.2. The first-order chi connectivity index (χ1) is 7.28. The highest BCUT2D eigenvalue weighted by Gasteiger charge is 2.15. The maximum atomic E-state index is 5.47. The van der Waals surface area contributed by atoms with Gasteiger partial charge in [-0.1, -0.05) is 0 Å². The first-order valence-corrected chi connectivity index (χ1v) is 4.97. The molecule has 0 saturated carbocycles. The van der Waals surface area contributed by atoms with Gasteiger partial charge in [-0.2, -0.15) is 0 Å². The maximum Gasteiger partial charge on any atom is 0.162 e. The van der Waals surface area contributed by atoms with E-state index in [0.29, 0.717) is 19.6 Å². The second-order valence-corrected chi connectivity index (χ2v) is 3.02. The predicted octanol–water partition coefficient (Wildman–Crippen LogP) is 1.02. The zero-order chi connectivity index (χ0) is 11.5. The molecule has 1 atom stereocenters. The minimum absolute atomic E-state index is 0.294. The topological polar surface area (TPSA) is 46.2 Å². The molecule has 15 heavy (non-hydrogen) atoms. The second kappa shape index (κ2) is 10.3. The van der Waals surface area contributed by atoms with Crippen molar-refractivity contribution in [1.82, 2.24) is 0 Å². The van der Waals surface area contributed by atoms with Gasteiger partial charge in [0.05, 0.1) is 6.61 Å². The van der Waals surface area contributed by atoms with Crippen LogP contribution >= 0.6 is 0 Å². The normalized spacial score (nSPS) is 13.4. The molecule has 1 unspecified atom stereocenters. The molecule has 0 heterocycles. The summed E-state index contributed by atoms with van der Waals surface area (Å²) in [6.45, 7) is 1.29. The Bertz CT molecular complexity index is 127. The summed E-state index contributed by atoms with van der Waals surface area (Å²) in [5.74, 6) is 0. The van der Waals surface area contributed by atoms with Crippen molar-refractivity contribution >= 4 is 0 Å². The third-order valence-electron chi connectivity index (χ3n) is 1.97. The van der Waals surface area contributed by atoms with E-state index in [1.54, 1.807) is 28.4 Å². The molecule has 0 spiro atoms. The summed E-state index contributed by atoms with van der Waals surface area (Å²) in [7, 11) is 6.45. The average Bonchev–Trinajstić information content (AvgIpc) is 2.28. The summed E-state index contributed by atoms with van der Waals surface area (Å²) in [6.07, 6.45) is 0.807. The predicted molar refractivity (Wildman–Crippen MR) is 55.7 cm³/mol. The summed E-state index contributed by atoms with van der Waals surface area (Å²) in [4.78, 5) is 0. The number of rotatable bonds is 10. The van der Waals surface area contributed by atoms with Crippen molar-refractivity contribution in [2.45, 2.75) is 25.4 Å². The molecule has 0 aliphatic rings. The van der Waals surface area contributed by atoms with E-state index in [9.17, 15) is 0 Å². The molecule has 0 amide bonds. The Morgan fingerprint density at radius 1 is 0.800 bits per heavy atom. The summed E-state index contributed by atoms with van der Waals surface area (Å²) in [6, 6.07) is 0. The average molecular weight is 222 g/mol. The third-order valence-corrected chi connectivity index (χ3v) is 1.97. The van der Waals surface area contributed by atoms with E-state index in [1.165, 1.54) is 0 Å². The van der Waals surface area contributed by atoms with Crippen molar-refractivity contribution < 1.29 is 23.7 Å². The second-order valence-electron chi connectivity index (χ2n) is 3.02. The van der Waals surface area contributed by atoms with Crippen LogP contribution in [0.3, 0.4) is 0 Å². The highest BCUT2D eigenvalue weighted by Crippen LogP contribution is 2.07. The first-order valence-electron chi connectivity index (χ1n) is 4.97. The fourth-order valence-corrected chi connectivity index (χ4v) is 1.10. The third kappa shape index (κ3) is 7.70. The lowest BCUT2D eigenvalue weighted by Gasteiger charge is -2.20. The molecule has 0 aromatic rings. The maximum absolute atomic E-state index is 5.47. The van der Waals surface area contributed by atoms with Crippen LogP contribution in [0, 0.1) is 0 Å². The fourth-order valence-electron chi connectivity index (χ4n) is 1.10. The van der Waals surface area contributed by atoms with Gasteiger partial charge in [0.25, 0.3) is 0 Å². The number of ether oxygens (including phenoxy) is 5. The van der Waals surface area contributed by atoms with Crippen LogP contribution in [0.25, 0.3) is 0 Å².